The number of hydrogen-bond donors (Lipinski definition) is 0. The summed E-state index contributed by atoms with van der Waals surface area (Å²) in [5.41, 5.74) is 0. The van der Waals surface area contributed by atoms with Crippen LogP contribution in [0.1, 0.15) is 26.9 Å². The van der Waals surface area contributed by atoms with Crippen LogP contribution in [0, 0.1) is 10.1 Å². The minimum atomic E-state index is -0.651. The first kappa shape index (κ1) is 7.93. The molecule has 0 aliphatic carbocycles. The molecule has 1 aliphatic heterocycles. The van der Waals surface area contributed by atoms with Gasteiger partial charge in [0.05, 0.1) is 18.7 Å². The maximum Gasteiger partial charge on any atom is 0.390 e. The molecule has 1 fully saturated rings. The summed E-state index contributed by atoms with van der Waals surface area (Å²) in [5, 5.41) is 14.2. The highest BCUT2D eigenvalue weighted by molar-refractivity contribution is 5.14. The van der Waals surface area contributed by atoms with Gasteiger partial charge in [0.15, 0.2) is 6.23 Å². The highest BCUT2D eigenvalue weighted by atomic mass is 16.6. The fourth-order valence-corrected chi connectivity index (χ4v) is 1.46. The predicted octanol–water partition coefficient (Wildman–Crippen LogP) is 1.49. The molecule has 1 saturated heterocycles. The van der Waals surface area contributed by atoms with Crippen LogP contribution >= 0.6 is 0 Å². The van der Waals surface area contributed by atoms with Crippen LogP contribution < -0.4 is 0 Å². The van der Waals surface area contributed by atoms with Crippen molar-refractivity contribution >= 4 is 5.82 Å². The number of aromatic nitrogens is 2. The molecule has 0 aromatic carbocycles. The normalized spacial score (nSPS) is 23.1. The number of nitro groups is 1. The molecule has 0 bridgehead atoms. The van der Waals surface area contributed by atoms with E-state index in [1.54, 1.807) is 0 Å². The molecule has 1 aromatic heterocycles. The van der Waals surface area contributed by atoms with Gasteiger partial charge in [-0.15, -0.1) is 0 Å². The summed E-state index contributed by atoms with van der Waals surface area (Å²) in [6, 6.07) is -0.172. The minimum absolute atomic E-state index is 0.172. The molecule has 0 saturated carbocycles. The van der Waals surface area contributed by atoms with E-state index in [4.69, 9.17) is 6.11 Å². The van der Waals surface area contributed by atoms with E-state index in [0.29, 0.717) is 6.61 Å². The zero-order chi connectivity index (χ0) is 10.8. The fourth-order valence-electron chi connectivity index (χ4n) is 1.46. The lowest BCUT2D eigenvalue weighted by molar-refractivity contribution is -0.390. The first-order valence-electron chi connectivity index (χ1n) is 5.00. The van der Waals surface area contributed by atoms with E-state index in [1.165, 1.54) is 10.9 Å². The van der Waals surface area contributed by atoms with Gasteiger partial charge in [0, 0.05) is 6.61 Å². The molecule has 2 heterocycles. The van der Waals surface area contributed by atoms with Crippen molar-refractivity contribution in [2.75, 3.05) is 6.61 Å². The predicted molar refractivity (Wildman–Crippen MR) is 47.7 cm³/mol. The Balaban J connectivity index is 2.21. The third-order valence-electron chi connectivity index (χ3n) is 2.16. The van der Waals surface area contributed by atoms with Gasteiger partial charge < -0.3 is 14.9 Å². The Morgan fingerprint density at radius 3 is 3.21 bits per heavy atom. The average Bonchev–Trinajstić information content (AvgIpc) is 2.62. The van der Waals surface area contributed by atoms with Gasteiger partial charge in [0.2, 0.25) is 0 Å². The van der Waals surface area contributed by atoms with E-state index in [9.17, 15) is 10.1 Å². The number of hydrogen-bond acceptors (Lipinski definition) is 4. The molecule has 1 atom stereocenters. The van der Waals surface area contributed by atoms with Crippen LogP contribution in [0.25, 0.3) is 0 Å². The molecule has 6 nitrogen and oxygen atoms in total. The second kappa shape index (κ2) is 3.75. The molecule has 0 spiro atoms. The quantitative estimate of drug-likeness (QED) is 0.533. The van der Waals surface area contributed by atoms with Gasteiger partial charge in [0.1, 0.15) is 0 Å². The Morgan fingerprint density at radius 2 is 2.64 bits per heavy atom. The van der Waals surface area contributed by atoms with Gasteiger partial charge in [-0.2, -0.15) is 4.68 Å². The van der Waals surface area contributed by atoms with Crippen molar-refractivity contribution < 1.29 is 11.0 Å². The zero-order valence-corrected chi connectivity index (χ0v) is 7.55. The highest BCUT2D eigenvalue weighted by Gasteiger charge is 2.21. The van der Waals surface area contributed by atoms with E-state index >= 15 is 0 Å². The maximum absolute atomic E-state index is 10.5. The highest BCUT2D eigenvalue weighted by Crippen LogP contribution is 2.22. The molecular formula is C8H11N3O3. The SMILES string of the molecule is [2H]c1cn(C2CCCCO2)nc1[N+](=O)[O-]. The molecule has 0 N–H and O–H groups in total. The number of ether oxygens (including phenoxy) is 1. The molecule has 1 aromatic rings. The van der Waals surface area contributed by atoms with Gasteiger partial charge in [-0.3, -0.25) is 0 Å². The summed E-state index contributed by atoms with van der Waals surface area (Å²) in [5.74, 6) is -0.413. The smallest absolute Gasteiger partial charge is 0.358 e. The molecule has 1 aliphatic rings. The summed E-state index contributed by atoms with van der Waals surface area (Å²) < 4.78 is 14.1. The molecule has 0 amide bonds. The van der Waals surface area contributed by atoms with Gasteiger partial charge >= 0.3 is 5.82 Å². The minimum Gasteiger partial charge on any atom is -0.358 e. The van der Waals surface area contributed by atoms with Gasteiger partial charge in [0.25, 0.3) is 0 Å². The van der Waals surface area contributed by atoms with Crippen LogP contribution in [0.2, 0.25) is 0 Å². The van der Waals surface area contributed by atoms with Crippen molar-refractivity contribution in [3.05, 3.63) is 22.4 Å². The summed E-state index contributed by atoms with van der Waals surface area (Å²) >= 11 is 0. The lowest BCUT2D eigenvalue weighted by Crippen LogP contribution is -2.18. The summed E-state index contributed by atoms with van der Waals surface area (Å²) in [7, 11) is 0. The van der Waals surface area contributed by atoms with Crippen molar-refractivity contribution in [2.24, 2.45) is 0 Å². The monoisotopic (exact) mass is 198 g/mol. The lowest BCUT2D eigenvalue weighted by atomic mass is 10.2. The first-order valence-corrected chi connectivity index (χ1v) is 4.50. The Bertz CT molecular complexity index is 373. The van der Waals surface area contributed by atoms with Crippen LogP contribution in [0.3, 0.4) is 0 Å². The molecule has 14 heavy (non-hydrogen) atoms. The van der Waals surface area contributed by atoms with E-state index in [-0.39, 0.29) is 12.3 Å². The summed E-state index contributed by atoms with van der Waals surface area (Å²) in [6.07, 6.45) is 3.91. The molecule has 76 valence electrons. The number of nitrogens with zero attached hydrogens (tertiary/aromatic N) is 3. The molecule has 0 radical (unpaired) electrons. The third-order valence-corrected chi connectivity index (χ3v) is 2.16. The average molecular weight is 198 g/mol. The third kappa shape index (κ3) is 1.74. The van der Waals surface area contributed by atoms with Crippen molar-refractivity contribution in [3.63, 3.8) is 0 Å². The van der Waals surface area contributed by atoms with Gasteiger partial charge in [-0.25, -0.2) is 0 Å². The van der Waals surface area contributed by atoms with Crippen LogP contribution in [0.4, 0.5) is 5.82 Å². The second-order valence-electron chi connectivity index (χ2n) is 3.16. The topological polar surface area (TPSA) is 70.2 Å². The van der Waals surface area contributed by atoms with Crippen molar-refractivity contribution in [1.29, 1.82) is 0 Å². The van der Waals surface area contributed by atoms with E-state index in [1.807, 2.05) is 0 Å². The molecule has 1 unspecified atom stereocenters. The Hall–Kier alpha value is -1.43. The Morgan fingerprint density at radius 1 is 1.79 bits per heavy atom. The lowest BCUT2D eigenvalue weighted by Gasteiger charge is -2.20. The largest absolute Gasteiger partial charge is 0.390 e. The zero-order valence-electron chi connectivity index (χ0n) is 8.55. The van der Waals surface area contributed by atoms with Crippen LogP contribution in [0.15, 0.2) is 12.2 Å². The van der Waals surface area contributed by atoms with E-state index < -0.39 is 10.7 Å². The molecule has 6 heteroatoms. The number of rotatable bonds is 2. The Labute approximate surface area is 82.0 Å². The van der Waals surface area contributed by atoms with E-state index in [0.717, 1.165) is 19.3 Å². The summed E-state index contributed by atoms with van der Waals surface area (Å²) in [6.45, 7) is 0.645. The van der Waals surface area contributed by atoms with Gasteiger partial charge in [-0.05, 0) is 24.2 Å². The van der Waals surface area contributed by atoms with Crippen LogP contribution in [-0.2, 0) is 4.74 Å². The van der Waals surface area contributed by atoms with Crippen LogP contribution in [0.5, 0.6) is 0 Å². The van der Waals surface area contributed by atoms with Crippen molar-refractivity contribution in [1.82, 2.24) is 9.78 Å². The fraction of sp³-hybridized carbons (Fsp3) is 0.625. The first-order chi connectivity index (χ1) is 7.18. The van der Waals surface area contributed by atoms with E-state index in [2.05, 4.69) is 5.10 Å². The maximum atomic E-state index is 10.5. The standard InChI is InChI=1S/C8H11N3O3/c12-11(13)7-4-5-10(9-7)8-3-1-2-6-14-8/h4-5,8H,1-3,6H2/i4D. The van der Waals surface area contributed by atoms with Crippen molar-refractivity contribution in [2.45, 2.75) is 25.5 Å². The van der Waals surface area contributed by atoms with Crippen LogP contribution in [-0.4, -0.2) is 21.3 Å². The molecular weight excluding hydrogens is 186 g/mol. The molecule has 2 rings (SSSR count). The van der Waals surface area contributed by atoms with Gasteiger partial charge in [-0.1, -0.05) is 0 Å². The Kier molecular flexibility index (Phi) is 2.12. The van der Waals surface area contributed by atoms with Crippen molar-refractivity contribution in [3.8, 4) is 0 Å². The summed E-state index contributed by atoms with van der Waals surface area (Å²) in [4.78, 5) is 9.84. The second-order valence-corrected chi connectivity index (χ2v) is 3.16.